The molecule has 0 spiro atoms. The first kappa shape index (κ1) is 19.7. The van der Waals surface area contributed by atoms with Crippen LogP contribution in [0.5, 0.6) is 0 Å². The minimum atomic E-state index is -0.426. The van der Waals surface area contributed by atoms with Crippen LogP contribution >= 0.6 is 0 Å². The number of fused-ring (bicyclic) bond motifs is 1. The van der Waals surface area contributed by atoms with Gasteiger partial charge in [-0.25, -0.2) is 4.79 Å². The molecule has 0 saturated carbocycles. The molecule has 1 aliphatic heterocycles. The smallest absolute Gasteiger partial charge is 0.465 e. The Morgan fingerprint density at radius 1 is 1.26 bits per heavy atom. The first-order valence-corrected chi connectivity index (χ1v) is 9.08. The molecule has 27 heavy (non-hydrogen) atoms. The Morgan fingerprint density at radius 3 is 2.52 bits per heavy atom. The highest BCUT2D eigenvalue weighted by molar-refractivity contribution is 6.56. The highest BCUT2D eigenvalue weighted by Gasteiger charge is 2.52. The van der Waals surface area contributed by atoms with Gasteiger partial charge in [-0.2, -0.15) is 0 Å². The van der Waals surface area contributed by atoms with Gasteiger partial charge in [0, 0.05) is 23.6 Å². The van der Waals surface area contributed by atoms with Gasteiger partial charge < -0.3 is 24.3 Å². The molecule has 7 heteroatoms. The van der Waals surface area contributed by atoms with Crippen molar-refractivity contribution in [2.75, 3.05) is 20.7 Å². The lowest BCUT2D eigenvalue weighted by Crippen LogP contribution is -2.41. The van der Waals surface area contributed by atoms with Crippen molar-refractivity contribution >= 4 is 30.1 Å². The van der Waals surface area contributed by atoms with Crippen molar-refractivity contribution in [3.05, 3.63) is 41.0 Å². The van der Waals surface area contributed by atoms with Gasteiger partial charge in [0.05, 0.1) is 23.9 Å². The van der Waals surface area contributed by atoms with Crippen molar-refractivity contribution in [3.8, 4) is 0 Å². The molecular weight excluding hydrogens is 343 g/mol. The highest BCUT2D eigenvalue weighted by Crippen LogP contribution is 2.38. The fourth-order valence-electron chi connectivity index (χ4n) is 3.12. The minimum absolute atomic E-state index is 0.358. The van der Waals surface area contributed by atoms with Crippen LogP contribution in [0.1, 0.15) is 43.6 Å². The first-order chi connectivity index (χ1) is 12.7. The number of benzene rings is 1. The number of H-pyrrole nitrogens is 1. The van der Waals surface area contributed by atoms with Gasteiger partial charge in [0.1, 0.15) is 0 Å². The first-order valence-electron chi connectivity index (χ1n) is 9.08. The Hall–Kier alpha value is -2.09. The Balaban J connectivity index is 1.98. The van der Waals surface area contributed by atoms with Crippen LogP contribution < -0.4 is 5.32 Å². The maximum atomic E-state index is 12.0. The second-order valence-electron chi connectivity index (χ2n) is 7.84. The highest BCUT2D eigenvalue weighted by atomic mass is 16.7. The van der Waals surface area contributed by atoms with Crippen LogP contribution in [0.25, 0.3) is 17.0 Å². The summed E-state index contributed by atoms with van der Waals surface area (Å²) in [7, 11) is 2.85. The van der Waals surface area contributed by atoms with Crippen LogP contribution in [0.2, 0.25) is 0 Å². The van der Waals surface area contributed by atoms with E-state index >= 15 is 0 Å². The molecule has 1 saturated heterocycles. The lowest BCUT2D eigenvalue weighted by molar-refractivity contribution is 0.00578. The molecule has 2 N–H and O–H groups in total. The fraction of sp³-hybridized carbons (Fsp3) is 0.450. The van der Waals surface area contributed by atoms with Crippen molar-refractivity contribution < 1.29 is 18.8 Å². The molecule has 0 unspecified atom stereocenters. The minimum Gasteiger partial charge on any atom is -0.465 e. The average Bonchev–Trinajstić information content (AvgIpc) is 3.11. The Kier molecular flexibility index (Phi) is 5.21. The summed E-state index contributed by atoms with van der Waals surface area (Å²) in [5.41, 5.74) is 2.57. The van der Waals surface area contributed by atoms with Crippen molar-refractivity contribution in [1.29, 1.82) is 0 Å². The Morgan fingerprint density at radius 2 is 1.93 bits per heavy atom. The summed E-state index contributed by atoms with van der Waals surface area (Å²) in [4.78, 5) is 15.1. The number of ether oxygens (including phenoxy) is 1. The third-order valence-corrected chi connectivity index (χ3v) is 5.40. The number of aromatic nitrogens is 1. The number of likely N-dealkylation sites (N-methyl/N-ethyl adjacent to an activating group) is 1. The van der Waals surface area contributed by atoms with Crippen LogP contribution in [0, 0.1) is 0 Å². The number of hydrogen-bond acceptors (Lipinski definition) is 5. The molecule has 6 nitrogen and oxygen atoms in total. The summed E-state index contributed by atoms with van der Waals surface area (Å²) >= 11 is 0. The van der Waals surface area contributed by atoms with Gasteiger partial charge in [-0.3, -0.25) is 0 Å². The maximum Gasteiger partial charge on any atom is 0.491 e. The summed E-state index contributed by atoms with van der Waals surface area (Å²) in [6, 6.07) is 5.93. The zero-order valence-corrected chi connectivity index (χ0v) is 16.8. The Bertz CT molecular complexity index is 869. The molecule has 1 aromatic heterocycles. The average molecular weight is 370 g/mol. The second-order valence-corrected chi connectivity index (χ2v) is 7.84. The SMILES string of the molecule is CNCC(=Cc1ccc2[nH]cc(C(=O)OC)c2c1)B1OC(C)(C)C(C)(C)O1. The zero-order chi connectivity index (χ0) is 19.8. The van der Waals surface area contributed by atoms with Gasteiger partial charge in [-0.05, 0) is 57.9 Å². The van der Waals surface area contributed by atoms with Crippen molar-refractivity contribution in [2.45, 2.75) is 38.9 Å². The summed E-state index contributed by atoms with van der Waals surface area (Å²) in [6.07, 6.45) is 3.72. The number of carbonyl (C=O) groups is 1. The number of esters is 1. The van der Waals surface area contributed by atoms with E-state index in [-0.39, 0.29) is 5.97 Å². The molecule has 0 bridgehead atoms. The molecule has 1 aromatic carbocycles. The predicted molar refractivity (Wildman–Crippen MR) is 108 cm³/mol. The van der Waals surface area contributed by atoms with E-state index in [9.17, 15) is 4.79 Å². The molecule has 2 heterocycles. The van der Waals surface area contributed by atoms with Crippen molar-refractivity contribution in [2.24, 2.45) is 0 Å². The molecule has 3 rings (SSSR count). The quantitative estimate of drug-likeness (QED) is 0.625. The molecule has 0 aliphatic carbocycles. The van der Waals surface area contributed by atoms with Gasteiger partial charge in [-0.1, -0.05) is 12.1 Å². The number of nitrogens with one attached hydrogen (secondary N) is 2. The molecule has 0 radical (unpaired) electrons. The zero-order valence-electron chi connectivity index (χ0n) is 16.8. The van der Waals surface area contributed by atoms with Gasteiger partial charge >= 0.3 is 13.1 Å². The van der Waals surface area contributed by atoms with E-state index in [0.717, 1.165) is 21.9 Å². The molecule has 0 atom stereocenters. The topological polar surface area (TPSA) is 72.6 Å². The number of carbonyl (C=O) groups excluding carboxylic acids is 1. The van der Waals surface area contributed by atoms with Crippen LogP contribution in [0.15, 0.2) is 29.9 Å². The number of aromatic amines is 1. The normalized spacial score (nSPS) is 18.9. The van der Waals surface area contributed by atoms with E-state index < -0.39 is 18.3 Å². The number of hydrogen-bond donors (Lipinski definition) is 2. The largest absolute Gasteiger partial charge is 0.491 e. The van der Waals surface area contributed by atoms with Gasteiger partial charge in [0.2, 0.25) is 0 Å². The Labute approximate surface area is 160 Å². The van der Waals surface area contributed by atoms with Crippen LogP contribution in [-0.2, 0) is 14.0 Å². The number of methoxy groups -OCH3 is 1. The second kappa shape index (κ2) is 7.15. The summed E-state index contributed by atoms with van der Waals surface area (Å²) in [6.45, 7) is 8.79. The molecular formula is C20H27BN2O4. The van der Waals surface area contributed by atoms with Crippen LogP contribution in [-0.4, -0.2) is 50.0 Å². The van der Waals surface area contributed by atoms with Gasteiger partial charge in [0.25, 0.3) is 0 Å². The summed E-state index contributed by atoms with van der Waals surface area (Å²) < 4.78 is 17.2. The third-order valence-electron chi connectivity index (χ3n) is 5.40. The summed E-state index contributed by atoms with van der Waals surface area (Å²) in [5.74, 6) is -0.358. The lowest BCUT2D eigenvalue weighted by Gasteiger charge is -2.32. The van der Waals surface area contributed by atoms with E-state index in [1.165, 1.54) is 7.11 Å². The van der Waals surface area contributed by atoms with Crippen LogP contribution in [0.3, 0.4) is 0 Å². The van der Waals surface area contributed by atoms with Crippen molar-refractivity contribution in [1.82, 2.24) is 10.3 Å². The van der Waals surface area contributed by atoms with Crippen molar-refractivity contribution in [3.63, 3.8) is 0 Å². The molecule has 1 fully saturated rings. The molecule has 0 amide bonds. The van der Waals surface area contributed by atoms with Gasteiger partial charge in [-0.15, -0.1) is 0 Å². The monoisotopic (exact) mass is 370 g/mol. The van der Waals surface area contributed by atoms with E-state index in [2.05, 4.69) is 10.3 Å². The van der Waals surface area contributed by atoms with Crippen LogP contribution in [0.4, 0.5) is 0 Å². The van der Waals surface area contributed by atoms with Gasteiger partial charge in [0.15, 0.2) is 0 Å². The number of rotatable bonds is 5. The maximum absolute atomic E-state index is 12.0. The van der Waals surface area contributed by atoms with E-state index in [0.29, 0.717) is 12.1 Å². The fourth-order valence-corrected chi connectivity index (χ4v) is 3.12. The van der Waals surface area contributed by atoms with E-state index in [1.54, 1.807) is 6.20 Å². The third kappa shape index (κ3) is 3.67. The van der Waals surface area contributed by atoms with E-state index in [4.69, 9.17) is 14.0 Å². The predicted octanol–water partition coefficient (Wildman–Crippen LogP) is 3.19. The van der Waals surface area contributed by atoms with E-state index in [1.807, 2.05) is 59.0 Å². The summed E-state index contributed by atoms with van der Waals surface area (Å²) in [5, 5.41) is 4.01. The standard InChI is InChI=1S/C20H27BN2O4/c1-19(2)20(3,4)27-21(26-19)14(11-22-5)9-13-7-8-17-15(10-13)16(12-23-17)18(24)25-6/h7-10,12,22-23H,11H2,1-6H3. The molecule has 1 aliphatic rings. The molecule has 2 aromatic rings. The lowest BCUT2D eigenvalue weighted by atomic mass is 9.77. The molecule has 144 valence electrons.